The molecule has 2 aromatic heterocycles. The third-order valence-electron chi connectivity index (χ3n) is 5.50. The number of fused-ring (bicyclic) bond motifs is 4. The number of nitrogens with zero attached hydrogens (tertiary/aromatic N) is 6. The minimum atomic E-state index is 0.726. The second kappa shape index (κ2) is 7.35. The van der Waals surface area contributed by atoms with Crippen LogP contribution in [0.4, 0.5) is 0 Å². The summed E-state index contributed by atoms with van der Waals surface area (Å²) in [7, 11) is 0. The monoisotopic (exact) mass is 414 g/mol. The van der Waals surface area contributed by atoms with E-state index in [0.717, 1.165) is 56.3 Å². The van der Waals surface area contributed by atoms with Crippen LogP contribution in [0.5, 0.6) is 0 Å². The number of aromatic nitrogens is 4. The van der Waals surface area contributed by atoms with Crippen molar-refractivity contribution < 1.29 is 0 Å². The average Bonchev–Trinajstić information content (AvgIpc) is 3.34. The van der Waals surface area contributed by atoms with Crippen molar-refractivity contribution in [2.45, 2.75) is 6.92 Å². The predicted molar refractivity (Wildman–Crippen MR) is 127 cm³/mol. The molecule has 0 unspecified atom stereocenters. The van der Waals surface area contributed by atoms with Gasteiger partial charge in [-0.25, -0.2) is 14.6 Å². The van der Waals surface area contributed by atoms with E-state index in [4.69, 9.17) is 15.1 Å². The summed E-state index contributed by atoms with van der Waals surface area (Å²) in [6.07, 6.45) is 1.75. The fourth-order valence-corrected chi connectivity index (χ4v) is 3.98. The predicted octanol–water partition coefficient (Wildman–Crippen LogP) is 4.98. The first kappa shape index (κ1) is 18.3. The first-order chi connectivity index (χ1) is 15.8. The smallest absolute Gasteiger partial charge is 0.182 e. The van der Waals surface area contributed by atoms with E-state index in [1.165, 1.54) is 0 Å². The minimum Gasteiger partial charge on any atom is -0.238 e. The van der Waals surface area contributed by atoms with E-state index in [-0.39, 0.29) is 0 Å². The number of benzene rings is 3. The molecule has 0 amide bonds. The Kier molecular flexibility index (Phi) is 4.21. The van der Waals surface area contributed by atoms with Crippen LogP contribution in [0.1, 0.15) is 22.5 Å². The number of aryl methyl sites for hydroxylation is 1. The van der Waals surface area contributed by atoms with Gasteiger partial charge in [-0.05, 0) is 24.6 Å². The SMILES string of the molecule is Cc1nn(-c2ccccc2)c2nc3c(nc12)/C(=N\N=C\c1ccccc1)c1ccccc1-3. The Morgan fingerprint density at radius 1 is 0.750 bits per heavy atom. The third kappa shape index (κ3) is 2.93. The van der Waals surface area contributed by atoms with Gasteiger partial charge in [0.1, 0.15) is 22.6 Å². The van der Waals surface area contributed by atoms with Crippen molar-refractivity contribution in [2.24, 2.45) is 10.2 Å². The molecule has 6 rings (SSSR count). The van der Waals surface area contributed by atoms with Gasteiger partial charge in [-0.15, -0.1) is 5.10 Å². The van der Waals surface area contributed by atoms with Crippen molar-refractivity contribution in [1.82, 2.24) is 19.7 Å². The highest BCUT2D eigenvalue weighted by molar-refractivity contribution is 6.23. The van der Waals surface area contributed by atoms with E-state index in [2.05, 4.69) is 10.2 Å². The molecule has 2 heterocycles. The van der Waals surface area contributed by atoms with Gasteiger partial charge in [0.15, 0.2) is 5.65 Å². The molecule has 0 aliphatic heterocycles. The van der Waals surface area contributed by atoms with Crippen molar-refractivity contribution in [3.8, 4) is 16.9 Å². The van der Waals surface area contributed by atoms with Gasteiger partial charge < -0.3 is 0 Å². The van der Waals surface area contributed by atoms with E-state index >= 15 is 0 Å². The minimum absolute atomic E-state index is 0.726. The van der Waals surface area contributed by atoms with Gasteiger partial charge in [-0.3, -0.25) is 0 Å². The molecule has 0 bridgehead atoms. The van der Waals surface area contributed by atoms with Crippen LogP contribution in [0.15, 0.2) is 95.1 Å². The fourth-order valence-electron chi connectivity index (χ4n) is 3.98. The Balaban J connectivity index is 1.54. The second-order valence-electron chi connectivity index (χ2n) is 7.58. The quantitative estimate of drug-likeness (QED) is 0.303. The molecule has 6 nitrogen and oxygen atoms in total. The molecule has 32 heavy (non-hydrogen) atoms. The summed E-state index contributed by atoms with van der Waals surface area (Å²) in [5.74, 6) is 0. The molecule has 0 saturated carbocycles. The zero-order chi connectivity index (χ0) is 21.5. The van der Waals surface area contributed by atoms with Gasteiger partial charge in [-0.2, -0.15) is 10.2 Å². The second-order valence-corrected chi connectivity index (χ2v) is 7.58. The first-order valence-electron chi connectivity index (χ1n) is 10.4. The number of hydrogen-bond acceptors (Lipinski definition) is 5. The van der Waals surface area contributed by atoms with Crippen LogP contribution < -0.4 is 0 Å². The topological polar surface area (TPSA) is 68.3 Å². The van der Waals surface area contributed by atoms with Gasteiger partial charge in [0.05, 0.1) is 17.6 Å². The van der Waals surface area contributed by atoms with Gasteiger partial charge in [-0.1, -0.05) is 72.8 Å². The molecule has 5 aromatic rings. The lowest BCUT2D eigenvalue weighted by Gasteiger charge is -2.04. The third-order valence-corrected chi connectivity index (χ3v) is 5.50. The highest BCUT2D eigenvalue weighted by Gasteiger charge is 2.30. The Hall–Kier alpha value is -4.45. The number of para-hydroxylation sites is 1. The molecule has 152 valence electrons. The number of rotatable bonds is 3. The Bertz CT molecular complexity index is 1510. The van der Waals surface area contributed by atoms with Gasteiger partial charge in [0.2, 0.25) is 0 Å². The van der Waals surface area contributed by atoms with Crippen molar-refractivity contribution in [1.29, 1.82) is 0 Å². The zero-order valence-electron chi connectivity index (χ0n) is 17.3. The standard InChI is InChI=1S/C26H18N6/c1-17-22-26(32(31-17)19-12-6-3-7-13-19)29-23-20-14-8-9-15-21(20)24(25(23)28-22)30-27-16-18-10-4-2-5-11-18/h2-16H,1H3/b27-16+,30-24-. The van der Waals surface area contributed by atoms with Crippen molar-refractivity contribution in [3.05, 3.63) is 107 Å². The maximum atomic E-state index is 5.02. The molecule has 3 aromatic carbocycles. The average molecular weight is 414 g/mol. The molecule has 0 saturated heterocycles. The van der Waals surface area contributed by atoms with Crippen LogP contribution >= 0.6 is 0 Å². The summed E-state index contributed by atoms with van der Waals surface area (Å²) in [4.78, 5) is 9.99. The molecule has 0 N–H and O–H groups in total. The van der Waals surface area contributed by atoms with E-state index < -0.39 is 0 Å². The first-order valence-corrected chi connectivity index (χ1v) is 10.4. The summed E-state index contributed by atoms with van der Waals surface area (Å²) >= 11 is 0. The summed E-state index contributed by atoms with van der Waals surface area (Å²) in [5.41, 5.74) is 8.51. The molecule has 1 aliphatic rings. The lowest BCUT2D eigenvalue weighted by atomic mass is 10.1. The summed E-state index contributed by atoms with van der Waals surface area (Å²) in [5, 5.41) is 13.6. The largest absolute Gasteiger partial charge is 0.238 e. The molecule has 0 fully saturated rings. The Labute approximate surface area is 184 Å². The van der Waals surface area contributed by atoms with Crippen LogP contribution in [0.25, 0.3) is 28.1 Å². The van der Waals surface area contributed by atoms with Crippen LogP contribution in [0, 0.1) is 6.92 Å². The normalized spacial score (nSPS) is 13.7. The molecular weight excluding hydrogens is 396 g/mol. The lowest BCUT2D eigenvalue weighted by Crippen LogP contribution is -2.03. The van der Waals surface area contributed by atoms with Crippen LogP contribution in [0.3, 0.4) is 0 Å². The molecular formula is C26H18N6. The summed E-state index contributed by atoms with van der Waals surface area (Å²) in [6.45, 7) is 1.95. The highest BCUT2D eigenvalue weighted by Crippen LogP contribution is 2.36. The molecule has 1 aliphatic carbocycles. The van der Waals surface area contributed by atoms with Crippen LogP contribution in [0.2, 0.25) is 0 Å². The zero-order valence-corrected chi connectivity index (χ0v) is 17.3. The van der Waals surface area contributed by atoms with E-state index in [9.17, 15) is 0 Å². The molecule has 0 atom stereocenters. The van der Waals surface area contributed by atoms with Crippen molar-refractivity contribution >= 4 is 23.1 Å². The highest BCUT2D eigenvalue weighted by atomic mass is 15.3. The molecule has 0 spiro atoms. The summed E-state index contributed by atoms with van der Waals surface area (Å²) in [6, 6.07) is 28.0. The van der Waals surface area contributed by atoms with Crippen molar-refractivity contribution in [2.75, 3.05) is 0 Å². The van der Waals surface area contributed by atoms with Crippen LogP contribution in [-0.4, -0.2) is 31.7 Å². The van der Waals surface area contributed by atoms with E-state index in [1.807, 2.05) is 96.5 Å². The Morgan fingerprint density at radius 2 is 1.44 bits per heavy atom. The molecule has 6 heteroatoms. The maximum absolute atomic E-state index is 5.02. The molecule has 0 radical (unpaired) electrons. The van der Waals surface area contributed by atoms with Gasteiger partial charge in [0, 0.05) is 11.1 Å². The van der Waals surface area contributed by atoms with E-state index in [0.29, 0.717) is 0 Å². The maximum Gasteiger partial charge on any atom is 0.182 e. The number of hydrogen-bond donors (Lipinski definition) is 0. The van der Waals surface area contributed by atoms with Gasteiger partial charge in [0.25, 0.3) is 0 Å². The van der Waals surface area contributed by atoms with Gasteiger partial charge >= 0.3 is 0 Å². The fraction of sp³-hybridized carbons (Fsp3) is 0.0385. The van der Waals surface area contributed by atoms with Crippen LogP contribution in [-0.2, 0) is 0 Å². The summed E-state index contributed by atoms with van der Waals surface area (Å²) < 4.78 is 1.85. The lowest BCUT2D eigenvalue weighted by molar-refractivity contribution is 0.878. The van der Waals surface area contributed by atoms with Crippen molar-refractivity contribution in [3.63, 3.8) is 0 Å². The van der Waals surface area contributed by atoms with E-state index in [1.54, 1.807) is 6.21 Å². The Morgan fingerprint density at radius 3 is 2.22 bits per heavy atom.